The number of rotatable bonds is 8. The monoisotopic (exact) mass is 494 g/mol. The molecule has 2 N–H and O–H groups in total. The summed E-state index contributed by atoms with van der Waals surface area (Å²) >= 11 is 10.6. The molecule has 2 aromatic carbocycles. The molecule has 1 aromatic heterocycles. The van der Waals surface area contributed by atoms with Crippen molar-refractivity contribution in [2.45, 2.75) is 31.5 Å². The van der Waals surface area contributed by atoms with Crippen LogP contribution in [0.3, 0.4) is 0 Å². The predicted octanol–water partition coefficient (Wildman–Crippen LogP) is 5.65. The summed E-state index contributed by atoms with van der Waals surface area (Å²) in [4.78, 5) is 16.4. The minimum absolute atomic E-state index is 0.166. The first kappa shape index (κ1) is 21.7. The maximum atomic E-state index is 12.1. The van der Waals surface area contributed by atoms with Crippen molar-refractivity contribution in [3.05, 3.63) is 63.3 Å². The van der Waals surface area contributed by atoms with Crippen LogP contribution in [0.2, 0.25) is 5.02 Å². The van der Waals surface area contributed by atoms with Crippen LogP contribution in [0.25, 0.3) is 0 Å². The van der Waals surface area contributed by atoms with E-state index in [9.17, 15) is 4.79 Å². The lowest BCUT2D eigenvalue weighted by molar-refractivity contribution is -0.113. The number of ether oxygens (including phenoxy) is 1. The molecule has 1 amide bonds. The zero-order chi connectivity index (χ0) is 20.8. The highest BCUT2D eigenvalue weighted by Crippen LogP contribution is 2.26. The lowest BCUT2D eigenvalue weighted by Gasteiger charge is -2.07. The summed E-state index contributed by atoms with van der Waals surface area (Å²) in [6, 6.07) is 13.2. The molecule has 0 fully saturated rings. The van der Waals surface area contributed by atoms with Crippen LogP contribution >= 0.6 is 39.3 Å². The standard InChI is InChI=1S/C20H20BrClN4O2S/c1-12(2)13-3-6-15(7-4-13)28-10-18-24-20(26-25-18)29-11-19(27)23-14-5-8-16(21)17(22)9-14/h3-9,12H,10-11H2,1-2H3,(H,23,27)(H,24,25,26). The number of amides is 1. The second-order valence-electron chi connectivity index (χ2n) is 6.54. The van der Waals surface area contributed by atoms with Gasteiger partial charge in [0.15, 0.2) is 5.82 Å². The number of aromatic amines is 1. The number of nitrogens with zero attached hydrogens (tertiary/aromatic N) is 2. The van der Waals surface area contributed by atoms with Crippen molar-refractivity contribution in [3.8, 4) is 5.75 Å². The highest BCUT2D eigenvalue weighted by Gasteiger charge is 2.10. The Kier molecular flexibility index (Phi) is 7.57. The van der Waals surface area contributed by atoms with Crippen LogP contribution in [0.15, 0.2) is 52.1 Å². The van der Waals surface area contributed by atoms with Crippen LogP contribution in [-0.4, -0.2) is 26.8 Å². The molecular formula is C20H20BrClN4O2S. The van der Waals surface area contributed by atoms with Gasteiger partial charge in [0.05, 0.1) is 10.8 Å². The van der Waals surface area contributed by atoms with E-state index < -0.39 is 0 Å². The van der Waals surface area contributed by atoms with E-state index in [1.54, 1.807) is 18.2 Å². The summed E-state index contributed by atoms with van der Waals surface area (Å²) in [6.45, 7) is 4.58. The summed E-state index contributed by atoms with van der Waals surface area (Å²) in [7, 11) is 0. The second-order valence-corrected chi connectivity index (χ2v) is 8.75. The van der Waals surface area contributed by atoms with Crippen molar-refractivity contribution in [2.24, 2.45) is 0 Å². The summed E-state index contributed by atoms with van der Waals surface area (Å²) in [5, 5.41) is 10.8. The fraction of sp³-hybridized carbons (Fsp3) is 0.250. The summed E-state index contributed by atoms with van der Waals surface area (Å²) in [6.07, 6.45) is 0. The molecule has 0 bridgehead atoms. The highest BCUT2D eigenvalue weighted by atomic mass is 79.9. The molecule has 0 radical (unpaired) electrons. The largest absolute Gasteiger partial charge is 0.486 e. The summed E-state index contributed by atoms with van der Waals surface area (Å²) < 4.78 is 6.50. The normalized spacial score (nSPS) is 10.9. The quantitative estimate of drug-likeness (QED) is 0.395. The first-order valence-corrected chi connectivity index (χ1v) is 11.1. The van der Waals surface area contributed by atoms with Crippen molar-refractivity contribution in [2.75, 3.05) is 11.1 Å². The molecule has 29 heavy (non-hydrogen) atoms. The van der Waals surface area contributed by atoms with E-state index >= 15 is 0 Å². The Hall–Kier alpha value is -2.03. The van der Waals surface area contributed by atoms with E-state index in [2.05, 4.69) is 62.4 Å². The number of carbonyl (C=O) groups is 1. The molecule has 0 aliphatic heterocycles. The van der Waals surface area contributed by atoms with Gasteiger partial charge in [-0.3, -0.25) is 9.89 Å². The van der Waals surface area contributed by atoms with Crippen LogP contribution in [0.4, 0.5) is 5.69 Å². The number of anilines is 1. The lowest BCUT2D eigenvalue weighted by atomic mass is 10.0. The first-order chi connectivity index (χ1) is 13.9. The average Bonchev–Trinajstić information content (AvgIpc) is 3.16. The number of hydrogen-bond acceptors (Lipinski definition) is 5. The predicted molar refractivity (Wildman–Crippen MR) is 120 cm³/mol. The highest BCUT2D eigenvalue weighted by molar-refractivity contribution is 9.10. The van der Waals surface area contributed by atoms with Gasteiger partial charge in [-0.2, -0.15) is 0 Å². The maximum absolute atomic E-state index is 12.1. The molecule has 0 spiro atoms. The molecule has 0 saturated carbocycles. The van der Waals surface area contributed by atoms with Crippen LogP contribution < -0.4 is 10.1 Å². The number of halogens is 2. The van der Waals surface area contributed by atoms with Crippen molar-refractivity contribution in [1.82, 2.24) is 15.2 Å². The summed E-state index contributed by atoms with van der Waals surface area (Å²) in [5.41, 5.74) is 1.90. The minimum Gasteiger partial charge on any atom is -0.486 e. The Bertz CT molecular complexity index is 979. The van der Waals surface area contributed by atoms with Crippen LogP contribution in [0.5, 0.6) is 5.75 Å². The Labute approximate surface area is 186 Å². The minimum atomic E-state index is -0.166. The molecule has 0 saturated heterocycles. The Morgan fingerprint density at radius 1 is 1.28 bits per heavy atom. The van der Waals surface area contributed by atoms with Gasteiger partial charge < -0.3 is 10.1 Å². The van der Waals surface area contributed by atoms with Gasteiger partial charge in [-0.1, -0.05) is 49.3 Å². The molecule has 9 heteroatoms. The third kappa shape index (κ3) is 6.48. The number of thioether (sulfide) groups is 1. The molecule has 3 aromatic rings. The molecule has 0 unspecified atom stereocenters. The Morgan fingerprint density at radius 2 is 2.03 bits per heavy atom. The number of hydrogen-bond donors (Lipinski definition) is 2. The van der Waals surface area contributed by atoms with Gasteiger partial charge in [-0.25, -0.2) is 4.98 Å². The number of benzene rings is 2. The molecule has 6 nitrogen and oxygen atoms in total. The second kappa shape index (κ2) is 10.1. The van der Waals surface area contributed by atoms with Gasteiger partial charge in [0.25, 0.3) is 0 Å². The molecule has 1 heterocycles. The molecule has 3 rings (SSSR count). The molecule has 0 aliphatic carbocycles. The van der Waals surface area contributed by atoms with E-state index in [0.717, 1.165) is 10.2 Å². The number of nitrogens with one attached hydrogen (secondary N) is 2. The van der Waals surface area contributed by atoms with Crippen LogP contribution in [0.1, 0.15) is 31.2 Å². The zero-order valence-corrected chi connectivity index (χ0v) is 19.1. The lowest BCUT2D eigenvalue weighted by Crippen LogP contribution is -2.14. The van der Waals surface area contributed by atoms with Gasteiger partial charge in [0.2, 0.25) is 11.1 Å². The molecule has 0 atom stereocenters. The topological polar surface area (TPSA) is 79.9 Å². The van der Waals surface area contributed by atoms with Gasteiger partial charge >= 0.3 is 0 Å². The van der Waals surface area contributed by atoms with Crippen molar-refractivity contribution >= 4 is 50.9 Å². The third-order valence-corrected chi connectivity index (χ3v) is 6.05. The zero-order valence-electron chi connectivity index (χ0n) is 15.9. The van der Waals surface area contributed by atoms with Gasteiger partial charge in [-0.15, -0.1) is 5.10 Å². The number of H-pyrrole nitrogens is 1. The van der Waals surface area contributed by atoms with Gasteiger partial charge in [0.1, 0.15) is 12.4 Å². The van der Waals surface area contributed by atoms with Crippen molar-refractivity contribution < 1.29 is 9.53 Å². The number of aromatic nitrogens is 3. The van der Waals surface area contributed by atoms with Crippen molar-refractivity contribution in [3.63, 3.8) is 0 Å². The maximum Gasteiger partial charge on any atom is 0.234 e. The van der Waals surface area contributed by atoms with E-state index in [1.165, 1.54) is 17.3 Å². The van der Waals surface area contributed by atoms with Crippen molar-refractivity contribution in [1.29, 1.82) is 0 Å². The van der Waals surface area contributed by atoms with E-state index in [4.69, 9.17) is 16.3 Å². The van der Waals surface area contributed by atoms with Crippen LogP contribution in [0, 0.1) is 0 Å². The Balaban J connectivity index is 1.46. The van der Waals surface area contributed by atoms with E-state index in [1.807, 2.05) is 12.1 Å². The smallest absolute Gasteiger partial charge is 0.234 e. The fourth-order valence-electron chi connectivity index (χ4n) is 2.41. The first-order valence-electron chi connectivity index (χ1n) is 8.92. The SMILES string of the molecule is CC(C)c1ccc(OCc2nc(SCC(=O)Nc3ccc(Br)c(Cl)c3)n[nH]2)cc1. The third-order valence-electron chi connectivity index (χ3n) is 3.97. The number of carbonyl (C=O) groups excluding carboxylic acids is 1. The van der Waals surface area contributed by atoms with Crippen LogP contribution in [-0.2, 0) is 11.4 Å². The molecular weight excluding hydrogens is 476 g/mol. The fourth-order valence-corrected chi connectivity index (χ4v) is 3.45. The average molecular weight is 496 g/mol. The Morgan fingerprint density at radius 3 is 2.72 bits per heavy atom. The molecule has 0 aliphatic rings. The van der Waals surface area contributed by atoms with Gasteiger partial charge in [-0.05, 0) is 57.7 Å². The molecule has 152 valence electrons. The van der Waals surface area contributed by atoms with Gasteiger partial charge in [0, 0.05) is 10.2 Å². The van der Waals surface area contributed by atoms with E-state index in [-0.39, 0.29) is 18.3 Å². The van der Waals surface area contributed by atoms with E-state index in [0.29, 0.717) is 27.6 Å². The summed E-state index contributed by atoms with van der Waals surface area (Å²) in [5.74, 6) is 1.87.